The lowest BCUT2D eigenvalue weighted by molar-refractivity contribution is -0.126. The maximum absolute atomic E-state index is 13.8. The standard InChI is InChI=1S/C20H25FN4O4/c1-20(2,3)29-19(27)22-11-14-8-9-17(28-14)18(26)24-13-10-23-25(12-13)16-7-5-4-6-15(16)21/h4-7,10,12,14,17H,8-9,11H2,1-3H3,(H,22,27)(H,24,26)/t14-,17+/m0/s1. The number of rotatable bonds is 5. The molecule has 2 amide bonds. The lowest BCUT2D eigenvalue weighted by Gasteiger charge is -2.20. The third-order valence-electron chi connectivity index (χ3n) is 4.22. The third kappa shape index (κ3) is 5.77. The molecule has 1 aliphatic rings. The van der Waals surface area contributed by atoms with E-state index in [9.17, 15) is 14.0 Å². The van der Waals surface area contributed by atoms with Crippen LogP contribution in [-0.4, -0.2) is 46.1 Å². The molecule has 9 heteroatoms. The molecule has 0 spiro atoms. The lowest BCUT2D eigenvalue weighted by atomic mass is 10.2. The highest BCUT2D eigenvalue weighted by atomic mass is 19.1. The van der Waals surface area contributed by atoms with E-state index in [2.05, 4.69) is 15.7 Å². The van der Waals surface area contributed by atoms with Gasteiger partial charge in [0.15, 0.2) is 0 Å². The minimum atomic E-state index is -0.628. The highest BCUT2D eigenvalue weighted by Crippen LogP contribution is 2.21. The zero-order valence-electron chi connectivity index (χ0n) is 16.6. The van der Waals surface area contributed by atoms with Crippen LogP contribution in [0.5, 0.6) is 0 Å². The van der Waals surface area contributed by atoms with Gasteiger partial charge in [-0.05, 0) is 45.7 Å². The molecule has 0 bridgehead atoms. The minimum absolute atomic E-state index is 0.264. The fourth-order valence-corrected chi connectivity index (χ4v) is 2.94. The maximum Gasteiger partial charge on any atom is 0.407 e. The summed E-state index contributed by atoms with van der Waals surface area (Å²) >= 11 is 0. The van der Waals surface area contributed by atoms with E-state index in [4.69, 9.17) is 9.47 Å². The Balaban J connectivity index is 1.49. The van der Waals surface area contributed by atoms with Gasteiger partial charge in [0.05, 0.1) is 24.2 Å². The zero-order chi connectivity index (χ0) is 21.0. The van der Waals surface area contributed by atoms with Crippen LogP contribution < -0.4 is 10.6 Å². The van der Waals surface area contributed by atoms with Gasteiger partial charge in [0.2, 0.25) is 0 Å². The summed E-state index contributed by atoms with van der Waals surface area (Å²) in [5.74, 6) is -0.717. The fourth-order valence-electron chi connectivity index (χ4n) is 2.94. The number of nitrogens with one attached hydrogen (secondary N) is 2. The van der Waals surface area contributed by atoms with Gasteiger partial charge in [0, 0.05) is 6.54 Å². The first kappa shape index (κ1) is 20.8. The van der Waals surface area contributed by atoms with E-state index < -0.39 is 23.6 Å². The van der Waals surface area contributed by atoms with Crippen molar-refractivity contribution in [1.82, 2.24) is 15.1 Å². The lowest BCUT2D eigenvalue weighted by Crippen LogP contribution is -2.37. The number of alkyl carbamates (subject to hydrolysis) is 1. The van der Waals surface area contributed by atoms with Crippen LogP contribution >= 0.6 is 0 Å². The summed E-state index contributed by atoms with van der Waals surface area (Å²) in [7, 11) is 0. The van der Waals surface area contributed by atoms with Gasteiger partial charge in [-0.1, -0.05) is 12.1 Å². The Morgan fingerprint density at radius 2 is 2.07 bits per heavy atom. The summed E-state index contributed by atoms with van der Waals surface area (Å²) in [6.45, 7) is 5.62. The number of carbonyl (C=O) groups is 2. The van der Waals surface area contributed by atoms with Gasteiger partial charge in [-0.15, -0.1) is 0 Å². The second-order valence-corrected chi connectivity index (χ2v) is 7.82. The van der Waals surface area contributed by atoms with Gasteiger partial charge in [-0.25, -0.2) is 13.9 Å². The number of ether oxygens (including phenoxy) is 2. The maximum atomic E-state index is 13.8. The highest BCUT2D eigenvalue weighted by molar-refractivity contribution is 5.94. The summed E-state index contributed by atoms with van der Waals surface area (Å²) < 4.78 is 26.1. The quantitative estimate of drug-likeness (QED) is 0.799. The van der Waals surface area contributed by atoms with Gasteiger partial charge in [-0.2, -0.15) is 5.10 Å². The molecular formula is C20H25FN4O4. The average Bonchev–Trinajstić information content (AvgIpc) is 3.28. The molecule has 1 aromatic carbocycles. The molecule has 0 aliphatic carbocycles. The Morgan fingerprint density at radius 1 is 1.31 bits per heavy atom. The molecule has 0 radical (unpaired) electrons. The molecular weight excluding hydrogens is 379 g/mol. The number of para-hydroxylation sites is 1. The first-order valence-electron chi connectivity index (χ1n) is 9.44. The van der Waals surface area contributed by atoms with E-state index in [0.717, 1.165) is 0 Å². The topological polar surface area (TPSA) is 94.5 Å². The Kier molecular flexibility index (Phi) is 6.17. The molecule has 8 nitrogen and oxygen atoms in total. The van der Waals surface area contributed by atoms with E-state index in [0.29, 0.717) is 24.2 Å². The normalized spacial score (nSPS) is 19.0. The van der Waals surface area contributed by atoms with Crippen molar-refractivity contribution in [2.45, 2.75) is 51.4 Å². The van der Waals surface area contributed by atoms with E-state index >= 15 is 0 Å². The number of hydrogen-bond donors (Lipinski definition) is 2. The van der Waals surface area contributed by atoms with Crippen LogP contribution in [0.1, 0.15) is 33.6 Å². The fraction of sp³-hybridized carbons (Fsp3) is 0.450. The predicted octanol–water partition coefficient (Wildman–Crippen LogP) is 3.02. The van der Waals surface area contributed by atoms with Gasteiger partial charge in [-0.3, -0.25) is 4.79 Å². The number of benzene rings is 1. The predicted molar refractivity (Wildman–Crippen MR) is 104 cm³/mol. The minimum Gasteiger partial charge on any atom is -0.444 e. The summed E-state index contributed by atoms with van der Waals surface area (Å²) in [6.07, 6.45) is 2.75. The monoisotopic (exact) mass is 404 g/mol. The first-order chi connectivity index (χ1) is 13.7. The molecule has 156 valence electrons. The van der Waals surface area contributed by atoms with Crippen molar-refractivity contribution in [3.63, 3.8) is 0 Å². The van der Waals surface area contributed by atoms with Crippen molar-refractivity contribution >= 4 is 17.7 Å². The van der Waals surface area contributed by atoms with Crippen molar-refractivity contribution in [1.29, 1.82) is 0 Å². The number of hydrogen-bond acceptors (Lipinski definition) is 5. The van der Waals surface area contributed by atoms with Crippen LogP contribution in [0.2, 0.25) is 0 Å². The van der Waals surface area contributed by atoms with Crippen molar-refractivity contribution in [3.05, 3.63) is 42.5 Å². The molecule has 3 rings (SSSR count). The number of nitrogens with zero attached hydrogens (tertiary/aromatic N) is 2. The van der Waals surface area contributed by atoms with Crippen LogP contribution in [0.4, 0.5) is 14.9 Å². The van der Waals surface area contributed by atoms with Gasteiger partial charge < -0.3 is 20.1 Å². The molecule has 29 heavy (non-hydrogen) atoms. The number of anilines is 1. The van der Waals surface area contributed by atoms with E-state index in [1.54, 1.807) is 39.0 Å². The van der Waals surface area contributed by atoms with Crippen LogP contribution in [0.3, 0.4) is 0 Å². The molecule has 2 aromatic rings. The third-order valence-corrected chi connectivity index (χ3v) is 4.22. The Hall–Kier alpha value is -2.94. The molecule has 1 aromatic heterocycles. The van der Waals surface area contributed by atoms with E-state index in [1.165, 1.54) is 23.1 Å². The van der Waals surface area contributed by atoms with Crippen molar-refractivity contribution in [2.75, 3.05) is 11.9 Å². The summed E-state index contributed by atoms with van der Waals surface area (Å²) in [5.41, 5.74) is 0.159. The van der Waals surface area contributed by atoms with Crippen molar-refractivity contribution in [2.24, 2.45) is 0 Å². The number of carbonyl (C=O) groups excluding carboxylic acids is 2. The zero-order valence-corrected chi connectivity index (χ0v) is 16.6. The SMILES string of the molecule is CC(C)(C)OC(=O)NC[C@@H]1CC[C@H](C(=O)Nc2cnn(-c3ccccc3F)c2)O1. The second-order valence-electron chi connectivity index (χ2n) is 7.82. The smallest absolute Gasteiger partial charge is 0.407 e. The molecule has 2 atom stereocenters. The summed E-state index contributed by atoms with van der Waals surface area (Å²) in [4.78, 5) is 24.2. The summed E-state index contributed by atoms with van der Waals surface area (Å²) in [6, 6.07) is 6.23. The van der Waals surface area contributed by atoms with Crippen LogP contribution in [-0.2, 0) is 14.3 Å². The van der Waals surface area contributed by atoms with Gasteiger partial charge in [0.1, 0.15) is 23.2 Å². The molecule has 1 aliphatic heterocycles. The highest BCUT2D eigenvalue weighted by Gasteiger charge is 2.31. The Bertz CT molecular complexity index is 877. The molecule has 0 unspecified atom stereocenters. The largest absolute Gasteiger partial charge is 0.444 e. The molecule has 0 saturated carbocycles. The van der Waals surface area contributed by atoms with E-state index in [-0.39, 0.29) is 18.6 Å². The van der Waals surface area contributed by atoms with Gasteiger partial charge >= 0.3 is 6.09 Å². The number of halogens is 1. The summed E-state index contributed by atoms with van der Waals surface area (Å²) in [5, 5.41) is 9.46. The molecule has 1 saturated heterocycles. The Morgan fingerprint density at radius 3 is 2.79 bits per heavy atom. The first-order valence-corrected chi connectivity index (χ1v) is 9.44. The second kappa shape index (κ2) is 8.60. The van der Waals surface area contributed by atoms with Crippen LogP contribution in [0, 0.1) is 5.82 Å². The van der Waals surface area contributed by atoms with Crippen LogP contribution in [0.25, 0.3) is 5.69 Å². The van der Waals surface area contributed by atoms with Gasteiger partial charge in [0.25, 0.3) is 5.91 Å². The average molecular weight is 404 g/mol. The number of amides is 2. The Labute approximate surface area is 168 Å². The molecule has 2 heterocycles. The van der Waals surface area contributed by atoms with Crippen LogP contribution in [0.15, 0.2) is 36.7 Å². The molecule has 2 N–H and O–H groups in total. The van der Waals surface area contributed by atoms with Crippen molar-refractivity contribution in [3.8, 4) is 5.69 Å². The van der Waals surface area contributed by atoms with E-state index in [1.807, 2.05) is 0 Å². The van der Waals surface area contributed by atoms with Crippen molar-refractivity contribution < 1.29 is 23.5 Å². The molecule has 1 fully saturated rings. The number of aromatic nitrogens is 2.